The minimum Gasteiger partial charge on any atom is -0.466 e. The van der Waals surface area contributed by atoms with E-state index >= 15 is 0 Å². The first-order valence-corrected chi connectivity index (χ1v) is 6.08. The lowest BCUT2D eigenvalue weighted by molar-refractivity contribution is -0.384. The third-order valence-corrected chi connectivity index (χ3v) is 2.77. The molecule has 1 rings (SSSR count). The van der Waals surface area contributed by atoms with E-state index in [0.717, 1.165) is 0 Å². The zero-order valence-corrected chi connectivity index (χ0v) is 11.4. The Morgan fingerprint density at radius 1 is 1.47 bits per heavy atom. The molecule has 0 amide bonds. The first kappa shape index (κ1) is 14.9. The highest BCUT2D eigenvalue weighted by Gasteiger charge is 2.20. The van der Waals surface area contributed by atoms with Gasteiger partial charge in [0, 0.05) is 19.2 Å². The van der Waals surface area contributed by atoms with Gasteiger partial charge in [-0.15, -0.1) is 0 Å². The maximum atomic E-state index is 11.3. The van der Waals surface area contributed by atoms with Crippen LogP contribution in [0.25, 0.3) is 0 Å². The third-order valence-electron chi connectivity index (χ3n) is 2.77. The molecule has 0 unspecified atom stereocenters. The molecule has 0 aliphatic carbocycles. The van der Waals surface area contributed by atoms with E-state index in [1.165, 1.54) is 0 Å². The molecule has 0 bridgehead atoms. The number of nitro benzene ring substituents is 1. The van der Waals surface area contributed by atoms with Crippen LogP contribution in [-0.4, -0.2) is 31.1 Å². The fourth-order valence-electron chi connectivity index (χ4n) is 1.80. The number of hydrogen-bond acceptors (Lipinski definition) is 5. The Balaban J connectivity index is 2.82. The Morgan fingerprint density at radius 2 is 2.16 bits per heavy atom. The van der Waals surface area contributed by atoms with Crippen LogP contribution in [0.3, 0.4) is 0 Å². The smallest absolute Gasteiger partial charge is 0.307 e. The molecule has 0 fully saturated rings. The molecule has 0 N–H and O–H groups in total. The number of ether oxygens (including phenoxy) is 1. The molecule has 0 saturated carbocycles. The summed E-state index contributed by atoms with van der Waals surface area (Å²) in [6, 6.07) is 5.13. The summed E-state index contributed by atoms with van der Waals surface area (Å²) < 4.78 is 4.83. The molecule has 1 aromatic rings. The number of para-hydroxylation sites is 1. The Kier molecular flexibility index (Phi) is 5.29. The van der Waals surface area contributed by atoms with Crippen LogP contribution < -0.4 is 4.90 Å². The molecular weight excluding hydrogens is 248 g/mol. The Labute approximate surface area is 112 Å². The zero-order valence-electron chi connectivity index (χ0n) is 11.4. The SMILES string of the molecule is CCOC(=O)CCN(C)c1cccc(C)c1[N+](=O)[O-]. The van der Waals surface area contributed by atoms with E-state index in [2.05, 4.69) is 0 Å². The van der Waals surface area contributed by atoms with Crippen LogP contribution in [0.2, 0.25) is 0 Å². The fraction of sp³-hybridized carbons (Fsp3) is 0.462. The highest BCUT2D eigenvalue weighted by molar-refractivity contribution is 5.71. The van der Waals surface area contributed by atoms with E-state index in [-0.39, 0.29) is 18.1 Å². The van der Waals surface area contributed by atoms with Gasteiger partial charge in [-0.1, -0.05) is 12.1 Å². The van der Waals surface area contributed by atoms with Gasteiger partial charge in [0.25, 0.3) is 5.69 Å². The largest absolute Gasteiger partial charge is 0.466 e. The van der Waals surface area contributed by atoms with E-state index in [4.69, 9.17) is 4.74 Å². The Hall–Kier alpha value is -2.11. The van der Waals surface area contributed by atoms with Crippen molar-refractivity contribution < 1.29 is 14.5 Å². The maximum absolute atomic E-state index is 11.3. The van der Waals surface area contributed by atoms with Crippen molar-refractivity contribution in [3.05, 3.63) is 33.9 Å². The van der Waals surface area contributed by atoms with Crippen LogP contribution in [0, 0.1) is 17.0 Å². The predicted molar refractivity (Wildman–Crippen MR) is 72.4 cm³/mol. The maximum Gasteiger partial charge on any atom is 0.307 e. The second-order valence-electron chi connectivity index (χ2n) is 4.18. The molecule has 19 heavy (non-hydrogen) atoms. The lowest BCUT2D eigenvalue weighted by Crippen LogP contribution is -2.23. The summed E-state index contributed by atoms with van der Waals surface area (Å²) in [5, 5.41) is 11.1. The van der Waals surface area contributed by atoms with Crippen LogP contribution in [0.4, 0.5) is 11.4 Å². The molecular formula is C13H18N2O4. The van der Waals surface area contributed by atoms with Crippen molar-refractivity contribution in [2.45, 2.75) is 20.3 Å². The normalized spacial score (nSPS) is 10.1. The predicted octanol–water partition coefficient (Wildman–Crippen LogP) is 2.29. The van der Waals surface area contributed by atoms with Gasteiger partial charge in [0.05, 0.1) is 18.0 Å². The number of rotatable bonds is 6. The summed E-state index contributed by atoms with van der Waals surface area (Å²) in [5.41, 5.74) is 1.19. The standard InChI is InChI=1S/C13H18N2O4/c1-4-19-12(16)8-9-14(3)11-7-5-6-10(2)13(11)15(17)18/h5-7H,4,8-9H2,1-3H3. The minimum atomic E-state index is -0.397. The lowest BCUT2D eigenvalue weighted by atomic mass is 10.1. The average Bonchev–Trinajstić information content (AvgIpc) is 2.35. The molecule has 0 saturated heterocycles. The second-order valence-corrected chi connectivity index (χ2v) is 4.18. The molecule has 1 aromatic carbocycles. The summed E-state index contributed by atoms with van der Waals surface area (Å²) in [5.74, 6) is -0.301. The molecule has 0 spiro atoms. The van der Waals surface area contributed by atoms with Crippen molar-refractivity contribution in [1.82, 2.24) is 0 Å². The van der Waals surface area contributed by atoms with Gasteiger partial charge < -0.3 is 9.64 Å². The molecule has 6 heteroatoms. The van der Waals surface area contributed by atoms with Crippen LogP contribution in [-0.2, 0) is 9.53 Å². The molecule has 6 nitrogen and oxygen atoms in total. The highest BCUT2D eigenvalue weighted by Crippen LogP contribution is 2.30. The van der Waals surface area contributed by atoms with E-state index in [0.29, 0.717) is 24.4 Å². The van der Waals surface area contributed by atoms with Crippen LogP contribution >= 0.6 is 0 Å². The first-order valence-electron chi connectivity index (χ1n) is 6.08. The molecule has 0 aromatic heterocycles. The third kappa shape index (κ3) is 3.94. The molecule has 0 aliphatic rings. The molecule has 104 valence electrons. The van der Waals surface area contributed by atoms with Gasteiger partial charge in [-0.3, -0.25) is 14.9 Å². The summed E-state index contributed by atoms with van der Waals surface area (Å²) >= 11 is 0. The second kappa shape index (κ2) is 6.72. The lowest BCUT2D eigenvalue weighted by Gasteiger charge is -2.19. The topological polar surface area (TPSA) is 72.7 Å². The van der Waals surface area contributed by atoms with Gasteiger partial charge >= 0.3 is 5.97 Å². The van der Waals surface area contributed by atoms with Crippen molar-refractivity contribution >= 4 is 17.3 Å². The number of esters is 1. The van der Waals surface area contributed by atoms with Gasteiger partial charge in [0.15, 0.2) is 0 Å². The number of benzene rings is 1. The number of nitro groups is 1. The van der Waals surface area contributed by atoms with Crippen molar-refractivity contribution in [2.75, 3.05) is 25.1 Å². The van der Waals surface area contributed by atoms with E-state index in [1.807, 2.05) is 0 Å². The Morgan fingerprint density at radius 3 is 2.74 bits per heavy atom. The average molecular weight is 266 g/mol. The number of carbonyl (C=O) groups is 1. The summed E-state index contributed by atoms with van der Waals surface area (Å²) in [4.78, 5) is 23.7. The monoisotopic (exact) mass is 266 g/mol. The number of nitrogens with zero attached hydrogens (tertiary/aromatic N) is 2. The number of hydrogen-bond donors (Lipinski definition) is 0. The molecule has 0 radical (unpaired) electrons. The molecule has 0 atom stereocenters. The first-order chi connectivity index (χ1) is 8.97. The van der Waals surface area contributed by atoms with Crippen LogP contribution in [0.15, 0.2) is 18.2 Å². The quantitative estimate of drug-likeness (QED) is 0.448. The van der Waals surface area contributed by atoms with Crippen molar-refractivity contribution in [1.29, 1.82) is 0 Å². The van der Waals surface area contributed by atoms with Gasteiger partial charge in [0.2, 0.25) is 0 Å². The van der Waals surface area contributed by atoms with E-state index in [1.54, 1.807) is 44.0 Å². The molecule has 0 heterocycles. The van der Waals surface area contributed by atoms with E-state index in [9.17, 15) is 14.9 Å². The Bertz CT molecular complexity index is 474. The molecule has 0 aliphatic heterocycles. The van der Waals surface area contributed by atoms with Crippen molar-refractivity contribution in [2.24, 2.45) is 0 Å². The number of anilines is 1. The summed E-state index contributed by atoms with van der Waals surface area (Å²) in [7, 11) is 1.72. The summed E-state index contributed by atoms with van der Waals surface area (Å²) in [6.07, 6.45) is 0.204. The highest BCUT2D eigenvalue weighted by atomic mass is 16.6. The van der Waals surface area contributed by atoms with Gasteiger partial charge in [0.1, 0.15) is 5.69 Å². The van der Waals surface area contributed by atoms with Crippen molar-refractivity contribution in [3.8, 4) is 0 Å². The van der Waals surface area contributed by atoms with Gasteiger partial charge in [-0.25, -0.2) is 0 Å². The van der Waals surface area contributed by atoms with Crippen LogP contribution in [0.5, 0.6) is 0 Å². The fourth-order valence-corrected chi connectivity index (χ4v) is 1.80. The number of carbonyl (C=O) groups excluding carboxylic acids is 1. The zero-order chi connectivity index (χ0) is 14.4. The van der Waals surface area contributed by atoms with Gasteiger partial charge in [-0.2, -0.15) is 0 Å². The van der Waals surface area contributed by atoms with Gasteiger partial charge in [-0.05, 0) is 19.9 Å². The van der Waals surface area contributed by atoms with Crippen molar-refractivity contribution in [3.63, 3.8) is 0 Å². The van der Waals surface area contributed by atoms with E-state index < -0.39 is 4.92 Å². The van der Waals surface area contributed by atoms with Crippen LogP contribution in [0.1, 0.15) is 18.9 Å². The summed E-state index contributed by atoms with van der Waals surface area (Å²) in [6.45, 7) is 4.16. The number of aryl methyl sites for hydroxylation is 1. The minimum absolute atomic E-state index is 0.0776.